The van der Waals surface area contributed by atoms with E-state index >= 15 is 0 Å². The van der Waals surface area contributed by atoms with Crippen molar-refractivity contribution < 1.29 is 4.79 Å². The van der Waals surface area contributed by atoms with Gasteiger partial charge in [-0.2, -0.15) is 0 Å². The molecule has 8 heteroatoms. The van der Waals surface area contributed by atoms with E-state index in [9.17, 15) is 9.59 Å². The van der Waals surface area contributed by atoms with Crippen LogP contribution in [0.3, 0.4) is 0 Å². The second-order valence-electron chi connectivity index (χ2n) is 6.72. The number of rotatable bonds is 6. The molecule has 0 bridgehead atoms. The van der Waals surface area contributed by atoms with E-state index in [0.29, 0.717) is 19.5 Å². The highest BCUT2D eigenvalue weighted by Crippen LogP contribution is 2.18. The van der Waals surface area contributed by atoms with Crippen LogP contribution >= 0.6 is 23.7 Å². The van der Waals surface area contributed by atoms with Gasteiger partial charge >= 0.3 is 4.87 Å². The van der Waals surface area contributed by atoms with Crippen LogP contribution in [0.15, 0.2) is 34.6 Å². The van der Waals surface area contributed by atoms with Crippen LogP contribution in [0.1, 0.15) is 37.1 Å². The Morgan fingerprint density at radius 2 is 2.22 bits per heavy atom. The number of halogens is 1. The van der Waals surface area contributed by atoms with Crippen molar-refractivity contribution in [3.05, 3.63) is 50.8 Å². The van der Waals surface area contributed by atoms with Crippen LogP contribution in [0.4, 0.5) is 0 Å². The lowest BCUT2D eigenvalue weighted by molar-refractivity contribution is -0.134. The molecule has 3 heterocycles. The van der Waals surface area contributed by atoms with E-state index in [2.05, 4.69) is 10.3 Å². The molecule has 0 radical (unpaired) electrons. The van der Waals surface area contributed by atoms with Gasteiger partial charge in [-0.15, -0.1) is 12.4 Å². The Bertz CT molecular complexity index is 770. The van der Waals surface area contributed by atoms with Crippen molar-refractivity contribution >= 4 is 29.7 Å². The zero-order valence-electron chi connectivity index (χ0n) is 15.6. The minimum absolute atomic E-state index is 0. The molecule has 6 nitrogen and oxygen atoms in total. The van der Waals surface area contributed by atoms with Crippen LogP contribution in [-0.2, 0) is 17.9 Å². The molecule has 0 aliphatic carbocycles. The fourth-order valence-corrected chi connectivity index (χ4v) is 4.19. The molecule has 27 heavy (non-hydrogen) atoms. The molecule has 1 N–H and O–H groups in total. The van der Waals surface area contributed by atoms with E-state index < -0.39 is 0 Å². The molecule has 0 saturated carbocycles. The Balaban J connectivity index is 0.00000261. The van der Waals surface area contributed by atoms with Crippen LogP contribution in [0.5, 0.6) is 0 Å². The number of nitrogens with one attached hydrogen (secondary N) is 1. The van der Waals surface area contributed by atoms with E-state index in [4.69, 9.17) is 0 Å². The lowest BCUT2D eigenvalue weighted by Gasteiger charge is -2.31. The molecule has 2 aromatic heterocycles. The summed E-state index contributed by atoms with van der Waals surface area (Å²) >= 11 is 1.19. The SMILES string of the molecule is Cc1csc(=O)n1CCC(=O)N(Cc1ccccn1)C1CCCNCC1.Cl. The molecule has 1 atom stereocenters. The van der Waals surface area contributed by atoms with Crippen LogP contribution in [0.25, 0.3) is 0 Å². The van der Waals surface area contributed by atoms with Gasteiger partial charge in [-0.05, 0) is 51.4 Å². The highest BCUT2D eigenvalue weighted by atomic mass is 35.5. The predicted molar refractivity (Wildman–Crippen MR) is 110 cm³/mol. The minimum atomic E-state index is 0. The van der Waals surface area contributed by atoms with Crippen molar-refractivity contribution in [1.29, 1.82) is 0 Å². The molecular weight excluding hydrogens is 384 g/mol. The van der Waals surface area contributed by atoms with E-state index in [-0.39, 0.29) is 29.2 Å². The summed E-state index contributed by atoms with van der Waals surface area (Å²) in [5, 5.41) is 5.25. The Hall–Kier alpha value is -1.70. The van der Waals surface area contributed by atoms with Gasteiger partial charge in [0.25, 0.3) is 0 Å². The lowest BCUT2D eigenvalue weighted by Crippen LogP contribution is -2.41. The van der Waals surface area contributed by atoms with E-state index in [1.165, 1.54) is 11.3 Å². The smallest absolute Gasteiger partial charge is 0.307 e. The van der Waals surface area contributed by atoms with Crippen molar-refractivity contribution in [3.63, 3.8) is 0 Å². The fraction of sp³-hybridized carbons (Fsp3) is 0.526. The standard InChI is InChI=1S/C19H26N4O2S.ClH/c1-15-14-26-19(25)22(15)12-8-18(24)23(13-16-5-2-3-10-21-16)17-6-4-9-20-11-7-17;/h2-3,5,10,14,17,20H,4,6-9,11-13H2,1H3;1H. The van der Waals surface area contributed by atoms with Crippen LogP contribution in [-0.4, -0.2) is 39.5 Å². The van der Waals surface area contributed by atoms with Crippen LogP contribution in [0.2, 0.25) is 0 Å². The van der Waals surface area contributed by atoms with Crippen molar-refractivity contribution in [1.82, 2.24) is 19.8 Å². The Morgan fingerprint density at radius 3 is 2.93 bits per heavy atom. The van der Waals surface area contributed by atoms with Gasteiger partial charge in [-0.25, -0.2) is 0 Å². The average molecular weight is 411 g/mol. The Kier molecular flexibility index (Phi) is 8.47. The Labute approximate surface area is 170 Å². The third-order valence-corrected chi connectivity index (χ3v) is 5.77. The quantitative estimate of drug-likeness (QED) is 0.794. The molecule has 148 valence electrons. The van der Waals surface area contributed by atoms with Crippen LogP contribution < -0.4 is 10.2 Å². The monoisotopic (exact) mass is 410 g/mol. The molecule has 1 unspecified atom stereocenters. The van der Waals surface area contributed by atoms with Gasteiger partial charge in [0.05, 0.1) is 12.2 Å². The maximum Gasteiger partial charge on any atom is 0.307 e. The Morgan fingerprint density at radius 1 is 1.37 bits per heavy atom. The highest BCUT2D eigenvalue weighted by Gasteiger charge is 2.25. The van der Waals surface area contributed by atoms with E-state index in [1.54, 1.807) is 10.8 Å². The summed E-state index contributed by atoms with van der Waals surface area (Å²) in [6, 6.07) is 6.02. The van der Waals surface area contributed by atoms with Crippen LogP contribution in [0, 0.1) is 6.92 Å². The molecule has 3 rings (SSSR count). The summed E-state index contributed by atoms with van der Waals surface area (Å²) in [4.78, 5) is 31.3. The van der Waals surface area contributed by atoms with E-state index in [1.807, 2.05) is 35.4 Å². The largest absolute Gasteiger partial charge is 0.334 e. The van der Waals surface area contributed by atoms with Gasteiger partial charge in [0.15, 0.2) is 0 Å². The first kappa shape index (κ1) is 21.6. The van der Waals surface area contributed by atoms with Gasteiger partial charge in [0.2, 0.25) is 5.91 Å². The molecule has 1 fully saturated rings. The maximum atomic E-state index is 13.0. The number of nitrogens with zero attached hydrogens (tertiary/aromatic N) is 3. The van der Waals surface area contributed by atoms with Gasteiger partial charge in [0, 0.05) is 36.3 Å². The van der Waals surface area contributed by atoms with Crippen molar-refractivity contribution in [2.24, 2.45) is 0 Å². The number of pyridine rings is 1. The number of thiazole rings is 1. The van der Waals surface area contributed by atoms with Crippen molar-refractivity contribution in [2.45, 2.75) is 51.7 Å². The van der Waals surface area contributed by atoms with Gasteiger partial charge < -0.3 is 14.8 Å². The normalized spacial score (nSPS) is 17.0. The second-order valence-corrected chi connectivity index (χ2v) is 7.54. The summed E-state index contributed by atoms with van der Waals surface area (Å²) < 4.78 is 1.69. The van der Waals surface area contributed by atoms with E-state index in [0.717, 1.165) is 43.7 Å². The highest BCUT2D eigenvalue weighted by molar-refractivity contribution is 7.07. The molecule has 1 aliphatic rings. The molecule has 1 amide bonds. The minimum Gasteiger partial charge on any atom is -0.334 e. The molecule has 1 aliphatic heterocycles. The first-order valence-corrected chi connectivity index (χ1v) is 10.1. The average Bonchev–Trinajstić information content (AvgIpc) is 2.84. The summed E-state index contributed by atoms with van der Waals surface area (Å²) in [7, 11) is 0. The second kappa shape index (κ2) is 10.6. The fourth-order valence-electron chi connectivity index (χ4n) is 3.43. The predicted octanol–water partition coefficient (Wildman–Crippen LogP) is 2.60. The summed E-state index contributed by atoms with van der Waals surface area (Å²) in [6.07, 6.45) is 5.13. The van der Waals surface area contributed by atoms with Gasteiger partial charge in [0.1, 0.15) is 0 Å². The summed E-state index contributed by atoms with van der Waals surface area (Å²) in [6.45, 7) is 4.81. The first-order chi connectivity index (χ1) is 12.6. The number of carbonyl (C=O) groups excluding carboxylic acids is 1. The van der Waals surface area contributed by atoms with Crippen molar-refractivity contribution in [3.8, 4) is 0 Å². The van der Waals surface area contributed by atoms with Gasteiger partial charge in [-0.1, -0.05) is 17.4 Å². The topological polar surface area (TPSA) is 67.2 Å². The number of aromatic nitrogens is 2. The number of amides is 1. The summed E-state index contributed by atoms with van der Waals surface area (Å²) in [5.41, 5.74) is 1.82. The first-order valence-electron chi connectivity index (χ1n) is 9.20. The molecule has 0 spiro atoms. The number of hydrogen-bond donors (Lipinski definition) is 1. The molecule has 2 aromatic rings. The number of hydrogen-bond acceptors (Lipinski definition) is 5. The van der Waals surface area contributed by atoms with Crippen molar-refractivity contribution in [2.75, 3.05) is 13.1 Å². The number of aryl methyl sites for hydroxylation is 1. The molecule has 1 saturated heterocycles. The zero-order chi connectivity index (χ0) is 18.4. The third-order valence-electron chi connectivity index (χ3n) is 4.89. The number of carbonyl (C=O) groups is 1. The summed E-state index contributed by atoms with van der Waals surface area (Å²) in [5.74, 6) is 0.0973. The third kappa shape index (κ3) is 5.89. The maximum absolute atomic E-state index is 13.0. The lowest BCUT2D eigenvalue weighted by atomic mass is 10.1. The molecule has 0 aromatic carbocycles. The molecular formula is C19H27ClN4O2S. The van der Waals surface area contributed by atoms with Gasteiger partial charge in [-0.3, -0.25) is 14.6 Å². The zero-order valence-corrected chi connectivity index (χ0v) is 17.2.